The molecular formula is C11H15N3O3. The number of aromatic carboxylic acids is 1. The number of amides is 1. The molecule has 0 radical (unpaired) electrons. The number of carbonyl (C=O) groups excluding carboxylic acids is 1. The summed E-state index contributed by atoms with van der Waals surface area (Å²) in [6.07, 6.45) is 4.79. The second-order valence-corrected chi connectivity index (χ2v) is 4.15. The Morgan fingerprint density at radius 2 is 2.00 bits per heavy atom. The molecule has 6 nitrogen and oxygen atoms in total. The highest BCUT2D eigenvalue weighted by Crippen LogP contribution is 2.09. The zero-order valence-corrected chi connectivity index (χ0v) is 9.50. The second kappa shape index (κ2) is 4.99. The normalized spacial score (nSPS) is 15.9. The molecule has 0 bridgehead atoms. The van der Waals surface area contributed by atoms with Gasteiger partial charge in [0.1, 0.15) is 6.54 Å². The van der Waals surface area contributed by atoms with Crippen LogP contribution < -0.4 is 0 Å². The van der Waals surface area contributed by atoms with Gasteiger partial charge < -0.3 is 10.0 Å². The summed E-state index contributed by atoms with van der Waals surface area (Å²) in [5.74, 6) is -1.07. The minimum Gasteiger partial charge on any atom is -0.476 e. The molecule has 1 saturated heterocycles. The van der Waals surface area contributed by atoms with Gasteiger partial charge in [0.05, 0.1) is 0 Å². The number of hydrogen-bond donors (Lipinski definition) is 1. The molecule has 0 saturated carbocycles. The molecule has 1 aromatic rings. The molecule has 0 spiro atoms. The Morgan fingerprint density at radius 1 is 1.29 bits per heavy atom. The highest BCUT2D eigenvalue weighted by atomic mass is 16.4. The van der Waals surface area contributed by atoms with Crippen LogP contribution in [0.1, 0.15) is 29.8 Å². The van der Waals surface area contributed by atoms with Crippen molar-refractivity contribution in [2.45, 2.75) is 25.8 Å². The molecule has 0 aromatic carbocycles. The van der Waals surface area contributed by atoms with Crippen molar-refractivity contribution >= 4 is 11.9 Å². The van der Waals surface area contributed by atoms with Gasteiger partial charge in [0.2, 0.25) is 5.91 Å². The molecule has 1 aliphatic heterocycles. The quantitative estimate of drug-likeness (QED) is 0.835. The molecule has 1 aliphatic rings. The fourth-order valence-electron chi connectivity index (χ4n) is 1.95. The third-order valence-electron chi connectivity index (χ3n) is 2.87. The predicted octanol–water partition coefficient (Wildman–Crippen LogP) is 0.594. The summed E-state index contributed by atoms with van der Waals surface area (Å²) < 4.78 is 1.38. The van der Waals surface area contributed by atoms with E-state index in [1.165, 1.54) is 23.4 Å². The van der Waals surface area contributed by atoms with E-state index < -0.39 is 5.97 Å². The molecule has 17 heavy (non-hydrogen) atoms. The fraction of sp³-hybridized carbons (Fsp3) is 0.545. The van der Waals surface area contributed by atoms with Gasteiger partial charge in [-0.25, -0.2) is 4.79 Å². The highest BCUT2D eigenvalue weighted by molar-refractivity contribution is 5.85. The lowest BCUT2D eigenvalue weighted by Crippen LogP contribution is -2.37. The Morgan fingerprint density at radius 3 is 2.59 bits per heavy atom. The number of carboxylic acid groups (broad SMARTS) is 1. The molecule has 6 heteroatoms. The Kier molecular flexibility index (Phi) is 3.41. The van der Waals surface area contributed by atoms with Crippen LogP contribution >= 0.6 is 0 Å². The molecule has 2 heterocycles. The van der Waals surface area contributed by atoms with Crippen LogP contribution in [-0.2, 0) is 11.3 Å². The van der Waals surface area contributed by atoms with Gasteiger partial charge in [0, 0.05) is 19.3 Å². The van der Waals surface area contributed by atoms with Crippen LogP contribution in [0.25, 0.3) is 0 Å². The first-order valence-electron chi connectivity index (χ1n) is 5.71. The minimum absolute atomic E-state index is 0.00439. The summed E-state index contributed by atoms with van der Waals surface area (Å²) in [6, 6.07) is 1.39. The second-order valence-electron chi connectivity index (χ2n) is 4.15. The third kappa shape index (κ3) is 2.83. The Labute approximate surface area is 98.8 Å². The van der Waals surface area contributed by atoms with Crippen molar-refractivity contribution in [2.75, 3.05) is 13.1 Å². The van der Waals surface area contributed by atoms with Crippen LogP contribution in [0.4, 0.5) is 0 Å². The van der Waals surface area contributed by atoms with Crippen LogP contribution in [0.3, 0.4) is 0 Å². The van der Waals surface area contributed by atoms with Crippen LogP contribution in [0.5, 0.6) is 0 Å². The molecule has 92 valence electrons. The van der Waals surface area contributed by atoms with E-state index in [-0.39, 0.29) is 18.1 Å². The SMILES string of the molecule is O=C(O)c1ccn(CC(=O)N2CCCCC2)n1. The molecule has 1 N–H and O–H groups in total. The van der Waals surface area contributed by atoms with Gasteiger partial charge in [-0.15, -0.1) is 0 Å². The molecule has 0 aliphatic carbocycles. The van der Waals surface area contributed by atoms with E-state index in [4.69, 9.17) is 5.11 Å². The Balaban J connectivity index is 1.94. The van der Waals surface area contributed by atoms with E-state index in [0.717, 1.165) is 25.9 Å². The van der Waals surface area contributed by atoms with Gasteiger partial charge in [-0.2, -0.15) is 5.10 Å². The number of nitrogens with zero attached hydrogens (tertiary/aromatic N) is 3. The summed E-state index contributed by atoms with van der Waals surface area (Å²) in [5, 5.41) is 12.5. The van der Waals surface area contributed by atoms with Gasteiger partial charge in [-0.05, 0) is 25.3 Å². The standard InChI is InChI=1S/C11H15N3O3/c15-10(13-5-2-1-3-6-13)8-14-7-4-9(12-14)11(16)17/h4,7H,1-3,5-6,8H2,(H,16,17). The average Bonchev–Trinajstić information content (AvgIpc) is 2.79. The molecule has 2 rings (SSSR count). The number of likely N-dealkylation sites (tertiary alicyclic amines) is 1. The maximum absolute atomic E-state index is 11.9. The van der Waals surface area contributed by atoms with E-state index >= 15 is 0 Å². The monoisotopic (exact) mass is 237 g/mol. The topological polar surface area (TPSA) is 75.4 Å². The van der Waals surface area contributed by atoms with E-state index in [1.807, 2.05) is 4.90 Å². The molecule has 0 unspecified atom stereocenters. The molecule has 1 amide bonds. The average molecular weight is 237 g/mol. The lowest BCUT2D eigenvalue weighted by molar-refractivity contribution is -0.132. The van der Waals surface area contributed by atoms with Crippen molar-refractivity contribution < 1.29 is 14.7 Å². The maximum Gasteiger partial charge on any atom is 0.356 e. The van der Waals surface area contributed by atoms with Crippen LogP contribution in [-0.4, -0.2) is 44.8 Å². The number of aromatic nitrogens is 2. The first kappa shape index (κ1) is 11.6. The number of carboxylic acids is 1. The largest absolute Gasteiger partial charge is 0.476 e. The molecule has 1 aromatic heterocycles. The smallest absolute Gasteiger partial charge is 0.356 e. The van der Waals surface area contributed by atoms with Gasteiger partial charge in [0.25, 0.3) is 0 Å². The van der Waals surface area contributed by atoms with Gasteiger partial charge in [-0.1, -0.05) is 0 Å². The zero-order chi connectivity index (χ0) is 12.3. The van der Waals surface area contributed by atoms with E-state index in [2.05, 4.69) is 5.10 Å². The van der Waals surface area contributed by atoms with Crippen molar-refractivity contribution in [1.29, 1.82) is 0 Å². The number of piperidine rings is 1. The maximum atomic E-state index is 11.9. The van der Waals surface area contributed by atoms with Crippen LogP contribution in [0.15, 0.2) is 12.3 Å². The van der Waals surface area contributed by atoms with Crippen molar-refractivity contribution in [3.63, 3.8) is 0 Å². The predicted molar refractivity (Wildman–Crippen MR) is 59.6 cm³/mol. The molecular weight excluding hydrogens is 222 g/mol. The van der Waals surface area contributed by atoms with E-state index in [0.29, 0.717) is 0 Å². The lowest BCUT2D eigenvalue weighted by atomic mass is 10.1. The van der Waals surface area contributed by atoms with Crippen molar-refractivity contribution in [1.82, 2.24) is 14.7 Å². The van der Waals surface area contributed by atoms with E-state index in [9.17, 15) is 9.59 Å². The number of carbonyl (C=O) groups is 2. The molecule has 1 fully saturated rings. The fourth-order valence-corrected chi connectivity index (χ4v) is 1.95. The zero-order valence-electron chi connectivity index (χ0n) is 9.50. The summed E-state index contributed by atoms with van der Waals surface area (Å²) >= 11 is 0. The third-order valence-corrected chi connectivity index (χ3v) is 2.87. The minimum atomic E-state index is -1.07. The first-order valence-corrected chi connectivity index (χ1v) is 5.71. The Hall–Kier alpha value is -1.85. The van der Waals surface area contributed by atoms with Gasteiger partial charge in [-0.3, -0.25) is 9.48 Å². The van der Waals surface area contributed by atoms with Crippen molar-refractivity contribution in [3.8, 4) is 0 Å². The Bertz CT molecular complexity index is 421. The first-order chi connectivity index (χ1) is 8.16. The summed E-state index contributed by atoms with van der Waals surface area (Å²) in [7, 11) is 0. The summed E-state index contributed by atoms with van der Waals surface area (Å²) in [4.78, 5) is 24.3. The van der Waals surface area contributed by atoms with Gasteiger partial charge >= 0.3 is 5.97 Å². The van der Waals surface area contributed by atoms with Crippen LogP contribution in [0, 0.1) is 0 Å². The highest BCUT2D eigenvalue weighted by Gasteiger charge is 2.17. The summed E-state index contributed by atoms with van der Waals surface area (Å²) in [6.45, 7) is 1.71. The summed E-state index contributed by atoms with van der Waals surface area (Å²) in [5.41, 5.74) is -0.0311. The lowest BCUT2D eigenvalue weighted by Gasteiger charge is -2.26. The van der Waals surface area contributed by atoms with E-state index in [1.54, 1.807) is 0 Å². The van der Waals surface area contributed by atoms with Crippen molar-refractivity contribution in [2.24, 2.45) is 0 Å². The van der Waals surface area contributed by atoms with Crippen molar-refractivity contribution in [3.05, 3.63) is 18.0 Å². The van der Waals surface area contributed by atoms with Crippen LogP contribution in [0.2, 0.25) is 0 Å². The molecule has 0 atom stereocenters. The number of hydrogen-bond acceptors (Lipinski definition) is 3. The van der Waals surface area contributed by atoms with Gasteiger partial charge in [0.15, 0.2) is 5.69 Å². The number of rotatable bonds is 3.